The first-order chi connectivity index (χ1) is 13.6. The molecule has 1 aliphatic rings. The number of carbonyl (C=O) groups is 2. The molecule has 0 aromatic heterocycles. The van der Waals surface area contributed by atoms with Gasteiger partial charge in [-0.15, -0.1) is 12.4 Å². The summed E-state index contributed by atoms with van der Waals surface area (Å²) in [4.78, 5) is 28.9. The molecule has 29 heavy (non-hydrogen) atoms. The van der Waals surface area contributed by atoms with Crippen LogP contribution in [-0.2, 0) is 16.1 Å². The molecule has 1 unspecified atom stereocenters. The van der Waals surface area contributed by atoms with Crippen molar-refractivity contribution in [3.63, 3.8) is 0 Å². The van der Waals surface area contributed by atoms with E-state index in [4.69, 9.17) is 5.73 Å². The van der Waals surface area contributed by atoms with Crippen LogP contribution in [0, 0.1) is 0 Å². The van der Waals surface area contributed by atoms with Crippen molar-refractivity contribution < 1.29 is 9.59 Å². The van der Waals surface area contributed by atoms with Crippen molar-refractivity contribution >= 4 is 30.3 Å². The summed E-state index contributed by atoms with van der Waals surface area (Å²) in [7, 11) is 0. The lowest BCUT2D eigenvalue weighted by molar-refractivity contribution is -0.135. The molecule has 2 N–H and O–H groups in total. The third kappa shape index (κ3) is 5.68. The van der Waals surface area contributed by atoms with Gasteiger partial charge in [-0.25, -0.2) is 0 Å². The van der Waals surface area contributed by atoms with E-state index in [9.17, 15) is 9.59 Å². The van der Waals surface area contributed by atoms with Crippen molar-refractivity contribution in [2.75, 3.05) is 13.1 Å². The number of benzene rings is 2. The van der Waals surface area contributed by atoms with E-state index >= 15 is 0 Å². The Balaban J connectivity index is 0.00000300. The molecule has 2 aromatic rings. The van der Waals surface area contributed by atoms with E-state index in [2.05, 4.69) is 0 Å². The highest BCUT2D eigenvalue weighted by Crippen LogP contribution is 2.33. The number of fused-ring (bicyclic) bond motifs is 1. The standard InChI is InChI=1S/C23H27N3O2.ClH/c1-18(27)26-15-12-20-10-5-6-11-21(20)22(26)16-23(28)25(14-7-13-24)17-19-8-3-2-4-9-19;/h2-6,8-12,15,22H,7,13-14,16-17,24H2,1H3;1H. The number of amides is 2. The van der Waals surface area contributed by atoms with Gasteiger partial charge in [0, 0.05) is 26.2 Å². The lowest BCUT2D eigenvalue weighted by atomic mass is 9.93. The maximum atomic E-state index is 13.2. The van der Waals surface area contributed by atoms with Crippen molar-refractivity contribution in [2.24, 2.45) is 5.73 Å². The van der Waals surface area contributed by atoms with Crippen molar-refractivity contribution in [2.45, 2.75) is 32.4 Å². The molecule has 5 nitrogen and oxygen atoms in total. The van der Waals surface area contributed by atoms with Crippen LogP contribution in [0.3, 0.4) is 0 Å². The predicted octanol–water partition coefficient (Wildman–Crippen LogP) is 3.75. The van der Waals surface area contributed by atoms with Crippen molar-refractivity contribution in [1.82, 2.24) is 9.80 Å². The lowest BCUT2D eigenvalue weighted by Crippen LogP contribution is -2.38. The summed E-state index contributed by atoms with van der Waals surface area (Å²) >= 11 is 0. The van der Waals surface area contributed by atoms with Gasteiger partial charge in [-0.3, -0.25) is 9.59 Å². The molecular weight excluding hydrogens is 386 g/mol. The minimum Gasteiger partial charge on any atom is -0.338 e. The van der Waals surface area contributed by atoms with Crippen LogP contribution in [0.5, 0.6) is 0 Å². The monoisotopic (exact) mass is 413 g/mol. The molecule has 0 bridgehead atoms. The van der Waals surface area contributed by atoms with Gasteiger partial charge in [0.15, 0.2) is 0 Å². The summed E-state index contributed by atoms with van der Waals surface area (Å²) in [6.07, 6.45) is 4.70. The number of hydrogen-bond acceptors (Lipinski definition) is 3. The highest BCUT2D eigenvalue weighted by atomic mass is 35.5. The molecule has 2 amide bonds. The van der Waals surface area contributed by atoms with Crippen LogP contribution in [0.2, 0.25) is 0 Å². The second-order valence-electron chi connectivity index (χ2n) is 7.03. The Bertz CT molecular complexity index is 854. The predicted molar refractivity (Wildman–Crippen MR) is 118 cm³/mol. The quantitative estimate of drug-likeness (QED) is 0.751. The number of carbonyl (C=O) groups excluding carboxylic acids is 2. The molecule has 154 valence electrons. The topological polar surface area (TPSA) is 66.6 Å². The molecule has 0 fully saturated rings. The smallest absolute Gasteiger partial charge is 0.225 e. The molecule has 0 saturated carbocycles. The average molecular weight is 414 g/mol. The van der Waals surface area contributed by atoms with Crippen molar-refractivity contribution in [1.29, 1.82) is 0 Å². The Kier molecular flexibility index (Phi) is 8.43. The molecule has 1 aliphatic heterocycles. The van der Waals surface area contributed by atoms with Gasteiger partial charge in [-0.05, 0) is 35.7 Å². The van der Waals surface area contributed by atoms with E-state index in [0.29, 0.717) is 19.6 Å². The summed E-state index contributed by atoms with van der Waals surface area (Å²) in [5.41, 5.74) is 8.82. The second-order valence-corrected chi connectivity index (χ2v) is 7.03. The van der Waals surface area contributed by atoms with Gasteiger partial charge in [0.1, 0.15) is 0 Å². The Morgan fingerprint density at radius 3 is 2.45 bits per heavy atom. The van der Waals surface area contributed by atoms with Crippen LogP contribution < -0.4 is 5.73 Å². The number of nitrogens with two attached hydrogens (primary N) is 1. The Morgan fingerprint density at radius 2 is 1.76 bits per heavy atom. The summed E-state index contributed by atoms with van der Waals surface area (Å²) < 4.78 is 0. The first-order valence-corrected chi connectivity index (χ1v) is 9.68. The van der Waals surface area contributed by atoms with Crippen LogP contribution in [0.1, 0.15) is 42.5 Å². The largest absolute Gasteiger partial charge is 0.338 e. The maximum absolute atomic E-state index is 13.2. The highest BCUT2D eigenvalue weighted by Gasteiger charge is 2.29. The summed E-state index contributed by atoms with van der Waals surface area (Å²) in [6, 6.07) is 17.6. The van der Waals surface area contributed by atoms with Gasteiger partial charge in [0.05, 0.1) is 12.5 Å². The normalized spacial score (nSPS) is 14.7. The van der Waals surface area contributed by atoms with E-state index in [1.807, 2.05) is 65.6 Å². The Morgan fingerprint density at radius 1 is 1.07 bits per heavy atom. The van der Waals surface area contributed by atoms with Gasteiger partial charge < -0.3 is 15.5 Å². The van der Waals surface area contributed by atoms with Crippen LogP contribution in [0.25, 0.3) is 6.08 Å². The van der Waals surface area contributed by atoms with E-state index < -0.39 is 0 Å². The highest BCUT2D eigenvalue weighted by molar-refractivity contribution is 5.85. The molecule has 2 aromatic carbocycles. The Labute approximate surface area is 178 Å². The molecular formula is C23H28ClN3O2. The number of rotatable bonds is 7. The van der Waals surface area contributed by atoms with E-state index in [1.165, 1.54) is 6.92 Å². The number of nitrogens with zero attached hydrogens (tertiary/aromatic N) is 2. The minimum atomic E-state index is -0.289. The third-order valence-corrected chi connectivity index (χ3v) is 5.04. The molecule has 0 saturated heterocycles. The lowest BCUT2D eigenvalue weighted by Gasteiger charge is -2.34. The molecule has 3 rings (SSSR count). The van der Waals surface area contributed by atoms with Crippen molar-refractivity contribution in [3.05, 3.63) is 77.5 Å². The second kappa shape index (κ2) is 10.8. The zero-order valence-electron chi connectivity index (χ0n) is 16.7. The summed E-state index contributed by atoms with van der Waals surface area (Å²) in [5, 5.41) is 0. The zero-order valence-corrected chi connectivity index (χ0v) is 17.5. The molecule has 0 aliphatic carbocycles. The van der Waals surface area contributed by atoms with Gasteiger partial charge in [-0.2, -0.15) is 0 Å². The van der Waals surface area contributed by atoms with Crippen LogP contribution in [0.15, 0.2) is 60.8 Å². The molecule has 0 spiro atoms. The fraction of sp³-hybridized carbons (Fsp3) is 0.304. The zero-order chi connectivity index (χ0) is 19.9. The van der Waals surface area contributed by atoms with E-state index in [1.54, 1.807) is 11.1 Å². The van der Waals surface area contributed by atoms with Crippen LogP contribution in [-0.4, -0.2) is 34.7 Å². The number of hydrogen-bond donors (Lipinski definition) is 1. The van der Waals surface area contributed by atoms with Gasteiger partial charge in [-0.1, -0.05) is 54.6 Å². The van der Waals surface area contributed by atoms with E-state index in [-0.39, 0.29) is 36.7 Å². The SMILES string of the molecule is CC(=O)N1C=Cc2ccccc2C1CC(=O)N(CCCN)Cc1ccccc1.Cl. The molecule has 1 atom stereocenters. The molecule has 0 radical (unpaired) electrons. The maximum Gasteiger partial charge on any atom is 0.225 e. The average Bonchev–Trinajstić information content (AvgIpc) is 2.71. The summed E-state index contributed by atoms with van der Waals surface area (Å²) in [6.45, 7) is 3.22. The molecule has 1 heterocycles. The number of halogens is 1. The first-order valence-electron chi connectivity index (χ1n) is 9.68. The van der Waals surface area contributed by atoms with Gasteiger partial charge >= 0.3 is 0 Å². The van der Waals surface area contributed by atoms with Gasteiger partial charge in [0.25, 0.3) is 0 Å². The fourth-order valence-corrected chi connectivity index (χ4v) is 3.59. The van der Waals surface area contributed by atoms with Crippen LogP contribution >= 0.6 is 12.4 Å². The first kappa shape index (κ1) is 22.7. The third-order valence-electron chi connectivity index (χ3n) is 5.04. The minimum absolute atomic E-state index is 0. The van der Waals surface area contributed by atoms with Crippen LogP contribution in [0.4, 0.5) is 0 Å². The van der Waals surface area contributed by atoms with Crippen molar-refractivity contribution in [3.8, 4) is 0 Å². The van der Waals surface area contributed by atoms with Gasteiger partial charge in [0.2, 0.25) is 11.8 Å². The molecule has 6 heteroatoms. The van der Waals surface area contributed by atoms with E-state index in [0.717, 1.165) is 23.1 Å². The fourth-order valence-electron chi connectivity index (χ4n) is 3.59. The Hall–Kier alpha value is -2.63. The summed E-state index contributed by atoms with van der Waals surface area (Å²) in [5.74, 6) is -0.0428.